The number of imidazole rings is 1. The standard InChI is InChI=1S/C15H21N3O/c1-3-11-8-13(16-2)9-18-10-14(17-15(11)18)12-4-6-19-7-5-12/h8-10,12,16H,3-7H2,1-2H3. The molecule has 1 fully saturated rings. The van der Waals surface area contributed by atoms with E-state index < -0.39 is 0 Å². The van der Waals surface area contributed by atoms with Crippen molar-refractivity contribution in [2.75, 3.05) is 25.6 Å². The van der Waals surface area contributed by atoms with Crippen LogP contribution in [0, 0.1) is 0 Å². The molecular weight excluding hydrogens is 238 g/mol. The number of nitrogens with zero attached hydrogens (tertiary/aromatic N) is 2. The highest BCUT2D eigenvalue weighted by atomic mass is 16.5. The Morgan fingerprint density at radius 3 is 2.84 bits per heavy atom. The summed E-state index contributed by atoms with van der Waals surface area (Å²) < 4.78 is 7.59. The van der Waals surface area contributed by atoms with E-state index in [9.17, 15) is 0 Å². The maximum Gasteiger partial charge on any atom is 0.140 e. The number of fused-ring (bicyclic) bond motifs is 1. The molecule has 19 heavy (non-hydrogen) atoms. The molecule has 0 radical (unpaired) electrons. The molecular formula is C15H21N3O. The van der Waals surface area contributed by atoms with Gasteiger partial charge in [-0.3, -0.25) is 0 Å². The van der Waals surface area contributed by atoms with Gasteiger partial charge in [-0.25, -0.2) is 4.98 Å². The predicted molar refractivity (Wildman–Crippen MR) is 76.9 cm³/mol. The second kappa shape index (κ2) is 5.21. The molecule has 3 heterocycles. The van der Waals surface area contributed by atoms with Crippen LogP contribution in [0.25, 0.3) is 5.65 Å². The molecule has 1 aliphatic heterocycles. The zero-order valence-corrected chi connectivity index (χ0v) is 11.6. The smallest absolute Gasteiger partial charge is 0.140 e. The summed E-state index contributed by atoms with van der Waals surface area (Å²) >= 11 is 0. The molecule has 2 aromatic heterocycles. The van der Waals surface area contributed by atoms with Crippen LogP contribution in [0.4, 0.5) is 5.69 Å². The number of hydrogen-bond donors (Lipinski definition) is 1. The Bertz CT molecular complexity index is 570. The summed E-state index contributed by atoms with van der Waals surface area (Å²) in [4.78, 5) is 4.86. The van der Waals surface area contributed by atoms with Crippen molar-refractivity contribution in [1.29, 1.82) is 0 Å². The van der Waals surface area contributed by atoms with Crippen molar-refractivity contribution in [2.24, 2.45) is 0 Å². The Hall–Kier alpha value is -1.55. The van der Waals surface area contributed by atoms with Gasteiger partial charge in [0.15, 0.2) is 0 Å². The average molecular weight is 259 g/mol. The van der Waals surface area contributed by atoms with Gasteiger partial charge in [-0.2, -0.15) is 0 Å². The lowest BCUT2D eigenvalue weighted by molar-refractivity contribution is 0.0846. The number of rotatable bonds is 3. The van der Waals surface area contributed by atoms with E-state index in [4.69, 9.17) is 9.72 Å². The average Bonchev–Trinajstić information content (AvgIpc) is 2.91. The van der Waals surface area contributed by atoms with Crippen molar-refractivity contribution >= 4 is 11.3 Å². The summed E-state index contributed by atoms with van der Waals surface area (Å²) in [5.41, 5.74) is 4.75. The van der Waals surface area contributed by atoms with Crippen LogP contribution in [-0.4, -0.2) is 29.6 Å². The Morgan fingerprint density at radius 2 is 2.16 bits per heavy atom. The maximum absolute atomic E-state index is 5.43. The summed E-state index contributed by atoms with van der Waals surface area (Å²) in [5.74, 6) is 0.552. The van der Waals surface area contributed by atoms with Gasteiger partial charge in [0.25, 0.3) is 0 Å². The fraction of sp³-hybridized carbons (Fsp3) is 0.533. The minimum absolute atomic E-state index is 0.552. The fourth-order valence-corrected chi connectivity index (χ4v) is 2.77. The van der Waals surface area contributed by atoms with Crippen molar-refractivity contribution in [1.82, 2.24) is 9.38 Å². The van der Waals surface area contributed by atoms with Crippen LogP contribution in [-0.2, 0) is 11.2 Å². The van der Waals surface area contributed by atoms with E-state index in [-0.39, 0.29) is 0 Å². The van der Waals surface area contributed by atoms with E-state index in [0.717, 1.165) is 43.8 Å². The molecule has 0 saturated carbocycles. The minimum atomic E-state index is 0.552. The number of ether oxygens (including phenoxy) is 1. The number of aryl methyl sites for hydroxylation is 1. The predicted octanol–water partition coefficient (Wildman–Crippen LogP) is 2.83. The summed E-state index contributed by atoms with van der Waals surface area (Å²) in [5, 5.41) is 3.21. The maximum atomic E-state index is 5.43. The lowest BCUT2D eigenvalue weighted by Crippen LogP contribution is -2.14. The van der Waals surface area contributed by atoms with E-state index in [1.54, 1.807) is 0 Å². The Kier molecular flexibility index (Phi) is 3.42. The zero-order valence-electron chi connectivity index (χ0n) is 11.6. The Morgan fingerprint density at radius 1 is 1.37 bits per heavy atom. The normalized spacial score (nSPS) is 16.9. The first-order valence-corrected chi connectivity index (χ1v) is 7.09. The van der Waals surface area contributed by atoms with E-state index >= 15 is 0 Å². The van der Waals surface area contributed by atoms with E-state index in [0.29, 0.717) is 5.92 Å². The van der Waals surface area contributed by atoms with Gasteiger partial charge < -0.3 is 14.5 Å². The molecule has 4 heteroatoms. The molecule has 0 atom stereocenters. The minimum Gasteiger partial charge on any atom is -0.387 e. The van der Waals surface area contributed by atoms with Crippen molar-refractivity contribution in [3.05, 3.63) is 29.7 Å². The molecule has 0 aliphatic carbocycles. The van der Waals surface area contributed by atoms with Gasteiger partial charge in [0.1, 0.15) is 5.65 Å². The van der Waals surface area contributed by atoms with E-state index in [1.165, 1.54) is 11.3 Å². The summed E-state index contributed by atoms with van der Waals surface area (Å²) in [6.07, 6.45) is 7.48. The van der Waals surface area contributed by atoms with Crippen molar-refractivity contribution in [3.63, 3.8) is 0 Å². The van der Waals surface area contributed by atoms with Crippen LogP contribution < -0.4 is 5.32 Å². The third-order valence-electron chi connectivity index (χ3n) is 3.96. The SMILES string of the molecule is CCc1cc(NC)cn2cc(C3CCOCC3)nc12. The van der Waals surface area contributed by atoms with Gasteiger partial charge in [-0.15, -0.1) is 0 Å². The molecule has 0 spiro atoms. The number of nitrogens with one attached hydrogen (secondary N) is 1. The molecule has 1 aliphatic rings. The number of hydrogen-bond acceptors (Lipinski definition) is 3. The zero-order chi connectivity index (χ0) is 13.2. The van der Waals surface area contributed by atoms with Gasteiger partial charge in [0.2, 0.25) is 0 Å². The quantitative estimate of drug-likeness (QED) is 0.921. The molecule has 0 unspecified atom stereocenters. The highest BCUT2D eigenvalue weighted by molar-refractivity contribution is 5.57. The molecule has 1 N–H and O–H groups in total. The summed E-state index contributed by atoms with van der Waals surface area (Å²) in [6.45, 7) is 3.90. The Labute approximate surface area is 113 Å². The highest BCUT2D eigenvalue weighted by Crippen LogP contribution is 2.28. The molecule has 2 aromatic rings. The number of pyridine rings is 1. The van der Waals surface area contributed by atoms with Gasteiger partial charge in [0, 0.05) is 38.6 Å². The van der Waals surface area contributed by atoms with E-state index in [1.807, 2.05) is 7.05 Å². The molecule has 102 valence electrons. The van der Waals surface area contributed by atoms with Gasteiger partial charge in [0.05, 0.1) is 11.4 Å². The van der Waals surface area contributed by atoms with Crippen LogP contribution in [0.1, 0.15) is 36.9 Å². The molecule has 0 aromatic carbocycles. The highest BCUT2D eigenvalue weighted by Gasteiger charge is 2.19. The second-order valence-electron chi connectivity index (χ2n) is 5.14. The molecule has 0 bridgehead atoms. The lowest BCUT2D eigenvalue weighted by Gasteiger charge is -2.19. The second-order valence-corrected chi connectivity index (χ2v) is 5.14. The van der Waals surface area contributed by atoms with Crippen LogP contribution in [0.2, 0.25) is 0 Å². The molecule has 4 nitrogen and oxygen atoms in total. The topological polar surface area (TPSA) is 38.6 Å². The summed E-state index contributed by atoms with van der Waals surface area (Å²) in [6, 6.07) is 2.19. The van der Waals surface area contributed by atoms with Crippen LogP contribution in [0.5, 0.6) is 0 Å². The Balaban J connectivity index is 2.03. The number of aromatic nitrogens is 2. The molecule has 3 rings (SSSR count). The largest absolute Gasteiger partial charge is 0.387 e. The first-order valence-electron chi connectivity index (χ1n) is 7.09. The third kappa shape index (κ3) is 2.32. The van der Waals surface area contributed by atoms with Crippen LogP contribution in [0.15, 0.2) is 18.5 Å². The first kappa shape index (κ1) is 12.5. The van der Waals surface area contributed by atoms with Crippen LogP contribution in [0.3, 0.4) is 0 Å². The summed E-state index contributed by atoms with van der Waals surface area (Å²) in [7, 11) is 1.96. The van der Waals surface area contributed by atoms with Crippen LogP contribution >= 0.6 is 0 Å². The van der Waals surface area contributed by atoms with Gasteiger partial charge in [-0.05, 0) is 30.9 Å². The first-order chi connectivity index (χ1) is 9.31. The molecule has 0 amide bonds. The fourth-order valence-electron chi connectivity index (χ4n) is 2.77. The van der Waals surface area contributed by atoms with Crippen molar-refractivity contribution < 1.29 is 4.74 Å². The van der Waals surface area contributed by atoms with Gasteiger partial charge in [-0.1, -0.05) is 6.92 Å². The van der Waals surface area contributed by atoms with E-state index in [2.05, 4.69) is 35.1 Å². The monoisotopic (exact) mass is 259 g/mol. The van der Waals surface area contributed by atoms with Crippen molar-refractivity contribution in [2.45, 2.75) is 32.1 Å². The van der Waals surface area contributed by atoms with Crippen molar-refractivity contribution in [3.8, 4) is 0 Å². The number of anilines is 1. The van der Waals surface area contributed by atoms with Gasteiger partial charge >= 0.3 is 0 Å². The lowest BCUT2D eigenvalue weighted by atomic mass is 9.97. The third-order valence-corrected chi connectivity index (χ3v) is 3.96. The molecule has 1 saturated heterocycles.